The van der Waals surface area contributed by atoms with Crippen molar-refractivity contribution >= 4 is 0 Å². The zero-order valence-corrected chi connectivity index (χ0v) is 11.8. The second-order valence-corrected chi connectivity index (χ2v) is 4.56. The Bertz CT molecular complexity index is 561. The van der Waals surface area contributed by atoms with Gasteiger partial charge in [0, 0.05) is 19.0 Å². The summed E-state index contributed by atoms with van der Waals surface area (Å²) in [5, 5.41) is 4.48. The molecule has 4 heteroatoms. The molecule has 0 radical (unpaired) electrons. The molecule has 0 aliphatic heterocycles. The number of benzene rings is 1. The molecule has 0 fully saturated rings. The molecule has 2 aromatic rings. The molecule has 0 atom stereocenters. The number of nitrogens with two attached hydrogens (primary N) is 1. The van der Waals surface area contributed by atoms with Gasteiger partial charge >= 0.3 is 0 Å². The number of aryl methyl sites for hydroxylation is 2. The number of aromatic nitrogens is 2. The molecule has 2 rings (SSSR count). The summed E-state index contributed by atoms with van der Waals surface area (Å²) in [5.74, 6) is 0.940. The van der Waals surface area contributed by atoms with E-state index in [0.29, 0.717) is 6.54 Å². The van der Waals surface area contributed by atoms with E-state index in [1.54, 1.807) is 7.11 Å². The number of hydrogen-bond acceptors (Lipinski definition) is 3. The van der Waals surface area contributed by atoms with Crippen LogP contribution in [0.3, 0.4) is 0 Å². The van der Waals surface area contributed by atoms with Crippen LogP contribution in [-0.4, -0.2) is 23.4 Å². The van der Waals surface area contributed by atoms with Crippen LogP contribution in [0.15, 0.2) is 24.3 Å². The van der Waals surface area contributed by atoms with Gasteiger partial charge in [0.25, 0.3) is 0 Å². The molecule has 0 unspecified atom stereocenters. The van der Waals surface area contributed by atoms with Crippen LogP contribution in [0.25, 0.3) is 11.3 Å². The van der Waals surface area contributed by atoms with Crippen molar-refractivity contribution in [3.05, 3.63) is 35.5 Å². The first-order valence-electron chi connectivity index (χ1n) is 6.59. The van der Waals surface area contributed by atoms with Gasteiger partial charge in [0.2, 0.25) is 0 Å². The van der Waals surface area contributed by atoms with Crippen LogP contribution in [0.1, 0.15) is 18.2 Å². The van der Waals surface area contributed by atoms with Crippen molar-refractivity contribution in [2.45, 2.75) is 19.8 Å². The van der Waals surface area contributed by atoms with E-state index in [0.717, 1.165) is 35.5 Å². The molecule has 4 nitrogen and oxygen atoms in total. The SMILES string of the molecule is CCc1cc(-c2cc(CCN)nn2C)ccc1OC. The molecule has 0 saturated heterocycles. The Hall–Kier alpha value is -1.81. The highest BCUT2D eigenvalue weighted by Crippen LogP contribution is 2.27. The van der Waals surface area contributed by atoms with E-state index in [9.17, 15) is 0 Å². The minimum atomic E-state index is 0.624. The van der Waals surface area contributed by atoms with Crippen molar-refractivity contribution in [2.75, 3.05) is 13.7 Å². The summed E-state index contributed by atoms with van der Waals surface area (Å²) in [5.41, 5.74) is 10.1. The van der Waals surface area contributed by atoms with E-state index in [4.69, 9.17) is 10.5 Å². The smallest absolute Gasteiger partial charge is 0.122 e. The number of methoxy groups -OCH3 is 1. The van der Waals surface area contributed by atoms with Gasteiger partial charge in [0.1, 0.15) is 5.75 Å². The molecule has 0 spiro atoms. The Morgan fingerprint density at radius 3 is 2.74 bits per heavy atom. The zero-order valence-electron chi connectivity index (χ0n) is 11.8. The monoisotopic (exact) mass is 259 g/mol. The number of nitrogens with zero attached hydrogens (tertiary/aromatic N) is 2. The number of ether oxygens (including phenoxy) is 1. The Labute approximate surface area is 114 Å². The lowest BCUT2D eigenvalue weighted by atomic mass is 10.0. The first-order chi connectivity index (χ1) is 9.19. The second kappa shape index (κ2) is 5.89. The molecule has 19 heavy (non-hydrogen) atoms. The van der Waals surface area contributed by atoms with Crippen LogP contribution in [0.5, 0.6) is 5.75 Å². The Morgan fingerprint density at radius 1 is 1.32 bits per heavy atom. The Balaban J connectivity index is 2.41. The quantitative estimate of drug-likeness (QED) is 0.895. The van der Waals surface area contributed by atoms with Crippen LogP contribution < -0.4 is 10.5 Å². The molecular weight excluding hydrogens is 238 g/mol. The summed E-state index contributed by atoms with van der Waals surface area (Å²) < 4.78 is 7.27. The molecule has 1 aromatic carbocycles. The maximum atomic E-state index is 5.58. The van der Waals surface area contributed by atoms with Crippen molar-refractivity contribution < 1.29 is 4.74 Å². The summed E-state index contributed by atoms with van der Waals surface area (Å²) >= 11 is 0. The molecule has 1 aromatic heterocycles. The fraction of sp³-hybridized carbons (Fsp3) is 0.400. The normalized spacial score (nSPS) is 10.7. The maximum absolute atomic E-state index is 5.58. The van der Waals surface area contributed by atoms with Gasteiger partial charge in [-0.15, -0.1) is 0 Å². The van der Waals surface area contributed by atoms with Gasteiger partial charge in [0.05, 0.1) is 18.5 Å². The fourth-order valence-electron chi connectivity index (χ4n) is 2.28. The van der Waals surface area contributed by atoms with Crippen molar-refractivity contribution in [2.24, 2.45) is 12.8 Å². The molecule has 1 heterocycles. The minimum Gasteiger partial charge on any atom is -0.496 e. The van der Waals surface area contributed by atoms with E-state index in [2.05, 4.69) is 30.2 Å². The minimum absolute atomic E-state index is 0.624. The Kier molecular flexibility index (Phi) is 4.22. The highest BCUT2D eigenvalue weighted by atomic mass is 16.5. The molecule has 0 saturated carbocycles. The molecule has 0 aliphatic carbocycles. The van der Waals surface area contributed by atoms with Crippen molar-refractivity contribution in [1.82, 2.24) is 9.78 Å². The first kappa shape index (κ1) is 13.6. The lowest BCUT2D eigenvalue weighted by Crippen LogP contribution is -2.03. The summed E-state index contributed by atoms with van der Waals surface area (Å²) in [6, 6.07) is 8.36. The van der Waals surface area contributed by atoms with E-state index in [1.165, 1.54) is 5.56 Å². The second-order valence-electron chi connectivity index (χ2n) is 4.56. The van der Waals surface area contributed by atoms with Gasteiger partial charge in [-0.3, -0.25) is 4.68 Å². The standard InChI is InChI=1S/C15H21N3O/c1-4-11-9-12(5-6-15(11)19-3)14-10-13(7-8-16)17-18(14)2/h5-6,9-10H,4,7-8,16H2,1-3H3. The molecule has 0 amide bonds. The van der Waals surface area contributed by atoms with Crippen molar-refractivity contribution in [3.8, 4) is 17.0 Å². The highest BCUT2D eigenvalue weighted by molar-refractivity contribution is 5.63. The van der Waals surface area contributed by atoms with Crippen LogP contribution in [-0.2, 0) is 19.9 Å². The van der Waals surface area contributed by atoms with Crippen LogP contribution in [0.2, 0.25) is 0 Å². The predicted octanol–water partition coefficient (Wildman–Crippen LogP) is 2.16. The lowest BCUT2D eigenvalue weighted by Gasteiger charge is -2.09. The lowest BCUT2D eigenvalue weighted by molar-refractivity contribution is 0.410. The fourth-order valence-corrected chi connectivity index (χ4v) is 2.28. The van der Waals surface area contributed by atoms with E-state index >= 15 is 0 Å². The molecule has 2 N–H and O–H groups in total. The van der Waals surface area contributed by atoms with Gasteiger partial charge < -0.3 is 10.5 Å². The van der Waals surface area contributed by atoms with Gasteiger partial charge in [0.15, 0.2) is 0 Å². The molecule has 0 bridgehead atoms. The van der Waals surface area contributed by atoms with Gasteiger partial charge in [-0.25, -0.2) is 0 Å². The summed E-state index contributed by atoms with van der Waals surface area (Å²) in [7, 11) is 3.67. The van der Waals surface area contributed by atoms with Crippen molar-refractivity contribution in [3.63, 3.8) is 0 Å². The highest BCUT2D eigenvalue weighted by Gasteiger charge is 2.09. The maximum Gasteiger partial charge on any atom is 0.122 e. The molecule has 0 aliphatic rings. The third-order valence-corrected chi connectivity index (χ3v) is 3.29. The third kappa shape index (κ3) is 2.79. The average Bonchev–Trinajstić information content (AvgIpc) is 2.79. The van der Waals surface area contributed by atoms with Crippen molar-refractivity contribution in [1.29, 1.82) is 0 Å². The first-order valence-corrected chi connectivity index (χ1v) is 6.59. The summed E-state index contributed by atoms with van der Waals surface area (Å²) in [6.07, 6.45) is 1.76. The predicted molar refractivity (Wildman–Crippen MR) is 77.3 cm³/mol. The van der Waals surface area contributed by atoms with E-state index in [1.807, 2.05) is 17.8 Å². The van der Waals surface area contributed by atoms with Crippen LogP contribution in [0.4, 0.5) is 0 Å². The average molecular weight is 259 g/mol. The zero-order chi connectivity index (χ0) is 13.8. The van der Waals surface area contributed by atoms with E-state index in [-0.39, 0.29) is 0 Å². The van der Waals surface area contributed by atoms with Crippen LogP contribution >= 0.6 is 0 Å². The summed E-state index contributed by atoms with van der Waals surface area (Å²) in [6.45, 7) is 2.75. The molecular formula is C15H21N3O. The van der Waals surface area contributed by atoms with Crippen LogP contribution in [0, 0.1) is 0 Å². The van der Waals surface area contributed by atoms with E-state index < -0.39 is 0 Å². The molecule has 102 valence electrons. The number of hydrogen-bond donors (Lipinski definition) is 1. The van der Waals surface area contributed by atoms with Gasteiger partial charge in [-0.1, -0.05) is 6.92 Å². The third-order valence-electron chi connectivity index (χ3n) is 3.29. The van der Waals surface area contributed by atoms with Gasteiger partial charge in [-0.05, 0) is 42.8 Å². The summed E-state index contributed by atoms with van der Waals surface area (Å²) in [4.78, 5) is 0. The number of rotatable bonds is 5. The topological polar surface area (TPSA) is 53.1 Å². The Morgan fingerprint density at radius 2 is 2.11 bits per heavy atom. The van der Waals surface area contributed by atoms with Gasteiger partial charge in [-0.2, -0.15) is 5.10 Å². The largest absolute Gasteiger partial charge is 0.496 e.